The van der Waals surface area contributed by atoms with E-state index >= 15 is 0 Å². The van der Waals surface area contributed by atoms with Crippen LogP contribution in [-0.2, 0) is 13.2 Å². The van der Waals surface area contributed by atoms with Gasteiger partial charge in [0.2, 0.25) is 0 Å². The third-order valence-corrected chi connectivity index (χ3v) is 6.25. The second kappa shape index (κ2) is 8.24. The minimum Gasteiger partial charge on any atom is -0.312 e. The minimum absolute atomic E-state index is 0.104. The summed E-state index contributed by atoms with van der Waals surface area (Å²) >= 11 is 7.49. The smallest absolute Gasteiger partial charge is 0.312 e. The van der Waals surface area contributed by atoms with E-state index < -0.39 is 17.6 Å². The van der Waals surface area contributed by atoms with E-state index in [9.17, 15) is 17.6 Å². The zero-order chi connectivity index (χ0) is 24.2. The predicted molar refractivity (Wildman–Crippen MR) is 122 cm³/mol. The lowest BCUT2D eigenvalue weighted by Crippen LogP contribution is -2.05. The molecule has 0 atom stereocenters. The summed E-state index contributed by atoms with van der Waals surface area (Å²) < 4.78 is 56.8. The molecule has 0 radical (unpaired) electrons. The standard InChI is InChI=1S/C22H15ClF4N6S/c1-3-34-21-17(20-30-15-8-12(22(25,26)27)10-29-18(15)32(20)2)19-28-5-4-16(33(19)31-21)11-6-13(23)9-14(24)7-11/h4-10H,3H2,1-2H3. The Kier molecular flexibility index (Phi) is 5.48. The highest BCUT2D eigenvalue weighted by molar-refractivity contribution is 7.99. The number of fused-ring (bicyclic) bond motifs is 2. The normalized spacial score (nSPS) is 12.2. The Labute approximate surface area is 199 Å². The maximum Gasteiger partial charge on any atom is 0.417 e. The maximum atomic E-state index is 14.0. The zero-order valence-corrected chi connectivity index (χ0v) is 19.3. The number of alkyl halides is 3. The Morgan fingerprint density at radius 2 is 1.88 bits per heavy atom. The van der Waals surface area contributed by atoms with E-state index in [-0.39, 0.29) is 10.5 Å². The van der Waals surface area contributed by atoms with Crippen molar-refractivity contribution in [3.63, 3.8) is 0 Å². The van der Waals surface area contributed by atoms with Crippen LogP contribution in [0, 0.1) is 5.82 Å². The quantitative estimate of drug-likeness (QED) is 0.212. The molecule has 34 heavy (non-hydrogen) atoms. The van der Waals surface area contributed by atoms with Crippen molar-refractivity contribution in [2.45, 2.75) is 18.1 Å². The van der Waals surface area contributed by atoms with Gasteiger partial charge in [-0.2, -0.15) is 18.3 Å². The second-order valence-corrected chi connectivity index (χ2v) is 9.08. The van der Waals surface area contributed by atoms with Crippen LogP contribution >= 0.6 is 23.4 Å². The molecule has 0 spiro atoms. The Hall–Kier alpha value is -3.18. The summed E-state index contributed by atoms with van der Waals surface area (Å²) in [5.41, 5.74) is 1.53. The molecule has 174 valence electrons. The number of thioether (sulfide) groups is 1. The highest BCUT2D eigenvalue weighted by atomic mass is 35.5. The van der Waals surface area contributed by atoms with Gasteiger partial charge in [-0.3, -0.25) is 0 Å². The van der Waals surface area contributed by atoms with Crippen LogP contribution in [0.3, 0.4) is 0 Å². The van der Waals surface area contributed by atoms with Crippen LogP contribution in [0.1, 0.15) is 12.5 Å². The van der Waals surface area contributed by atoms with Gasteiger partial charge in [-0.1, -0.05) is 18.5 Å². The van der Waals surface area contributed by atoms with Gasteiger partial charge in [-0.05, 0) is 36.1 Å². The molecule has 5 aromatic rings. The molecule has 0 N–H and O–H groups in total. The van der Waals surface area contributed by atoms with Crippen molar-refractivity contribution in [1.29, 1.82) is 0 Å². The summed E-state index contributed by atoms with van der Waals surface area (Å²) in [6, 6.07) is 6.81. The van der Waals surface area contributed by atoms with E-state index in [0.717, 1.165) is 12.3 Å². The summed E-state index contributed by atoms with van der Waals surface area (Å²) in [6.07, 6.45) is -2.19. The van der Waals surface area contributed by atoms with Crippen molar-refractivity contribution in [2.75, 3.05) is 5.75 Å². The van der Waals surface area contributed by atoms with Gasteiger partial charge < -0.3 is 4.57 Å². The maximum absolute atomic E-state index is 14.0. The molecule has 0 amide bonds. The van der Waals surface area contributed by atoms with Crippen LogP contribution in [0.15, 0.2) is 47.8 Å². The number of benzene rings is 1. The summed E-state index contributed by atoms with van der Waals surface area (Å²) in [6.45, 7) is 1.95. The number of imidazole rings is 1. The van der Waals surface area contributed by atoms with Gasteiger partial charge in [0.05, 0.1) is 16.8 Å². The van der Waals surface area contributed by atoms with Crippen molar-refractivity contribution in [3.05, 3.63) is 59.1 Å². The van der Waals surface area contributed by atoms with Crippen LogP contribution in [0.5, 0.6) is 0 Å². The van der Waals surface area contributed by atoms with Gasteiger partial charge in [0.25, 0.3) is 0 Å². The molecule has 6 nitrogen and oxygen atoms in total. The molecule has 1 aromatic carbocycles. The number of rotatable bonds is 4. The molecule has 12 heteroatoms. The van der Waals surface area contributed by atoms with Gasteiger partial charge in [0.1, 0.15) is 22.2 Å². The van der Waals surface area contributed by atoms with Crippen LogP contribution in [0.4, 0.5) is 17.6 Å². The molecule has 0 unspecified atom stereocenters. The molecule has 0 bridgehead atoms. The molecular weight excluding hydrogens is 492 g/mol. The number of nitrogens with zero attached hydrogens (tertiary/aromatic N) is 6. The van der Waals surface area contributed by atoms with Crippen molar-refractivity contribution in [2.24, 2.45) is 7.05 Å². The first-order valence-corrected chi connectivity index (χ1v) is 11.4. The van der Waals surface area contributed by atoms with E-state index in [1.54, 1.807) is 34.5 Å². The summed E-state index contributed by atoms with van der Waals surface area (Å²) in [4.78, 5) is 12.9. The summed E-state index contributed by atoms with van der Waals surface area (Å²) in [7, 11) is 1.67. The average Bonchev–Trinajstić information content (AvgIpc) is 3.29. The monoisotopic (exact) mass is 506 g/mol. The lowest BCUT2D eigenvalue weighted by molar-refractivity contribution is -0.137. The molecular formula is C22H15ClF4N6S. The van der Waals surface area contributed by atoms with Gasteiger partial charge in [0.15, 0.2) is 11.3 Å². The van der Waals surface area contributed by atoms with E-state index in [4.69, 9.17) is 11.6 Å². The molecule has 0 saturated heterocycles. The SMILES string of the molecule is CCSc1nn2c(-c3cc(F)cc(Cl)c3)ccnc2c1-c1nc2cc(C(F)(F)F)cnc2n1C. The van der Waals surface area contributed by atoms with E-state index in [1.165, 1.54) is 23.9 Å². The van der Waals surface area contributed by atoms with Crippen molar-refractivity contribution in [3.8, 4) is 22.6 Å². The van der Waals surface area contributed by atoms with Crippen molar-refractivity contribution >= 4 is 40.2 Å². The fourth-order valence-electron chi connectivity index (χ4n) is 3.73. The van der Waals surface area contributed by atoms with E-state index in [2.05, 4.69) is 20.1 Å². The minimum atomic E-state index is -4.53. The van der Waals surface area contributed by atoms with Gasteiger partial charge in [-0.15, -0.1) is 11.8 Å². The largest absolute Gasteiger partial charge is 0.417 e. The third-order valence-electron chi connectivity index (χ3n) is 5.19. The molecule has 4 heterocycles. The average molecular weight is 507 g/mol. The van der Waals surface area contributed by atoms with Gasteiger partial charge in [-0.25, -0.2) is 23.9 Å². The van der Waals surface area contributed by atoms with E-state index in [0.29, 0.717) is 44.7 Å². The van der Waals surface area contributed by atoms with Crippen LogP contribution in [0.25, 0.3) is 39.5 Å². The molecule has 4 aromatic heterocycles. The first kappa shape index (κ1) is 22.6. The molecule has 0 aliphatic heterocycles. The fourth-order valence-corrected chi connectivity index (χ4v) is 4.70. The van der Waals surface area contributed by atoms with Gasteiger partial charge >= 0.3 is 6.18 Å². The van der Waals surface area contributed by atoms with E-state index in [1.807, 2.05) is 6.92 Å². The molecule has 0 aliphatic carbocycles. The number of aryl methyl sites for hydroxylation is 1. The second-order valence-electron chi connectivity index (χ2n) is 7.40. The van der Waals surface area contributed by atoms with Crippen molar-refractivity contribution < 1.29 is 17.6 Å². The summed E-state index contributed by atoms with van der Waals surface area (Å²) in [5.74, 6) is 0.554. The molecule has 5 rings (SSSR count). The lowest BCUT2D eigenvalue weighted by Gasteiger charge is -2.06. The highest BCUT2D eigenvalue weighted by Gasteiger charge is 2.32. The Bertz CT molecular complexity index is 1540. The zero-order valence-electron chi connectivity index (χ0n) is 17.7. The number of aromatic nitrogens is 6. The number of halogens is 5. The van der Waals surface area contributed by atoms with Gasteiger partial charge in [0, 0.05) is 30.0 Å². The van der Waals surface area contributed by atoms with Crippen molar-refractivity contribution in [1.82, 2.24) is 29.1 Å². The molecule has 0 aliphatic rings. The number of hydrogen-bond acceptors (Lipinski definition) is 5. The van der Waals surface area contributed by atoms with Crippen LogP contribution in [0.2, 0.25) is 5.02 Å². The number of pyridine rings is 1. The first-order chi connectivity index (χ1) is 16.2. The molecule has 0 fully saturated rings. The molecule has 0 saturated carbocycles. The predicted octanol–water partition coefficient (Wildman–Crippen LogP) is 6.27. The Morgan fingerprint density at radius 3 is 2.59 bits per heavy atom. The first-order valence-electron chi connectivity index (χ1n) is 10.0. The fraction of sp³-hybridized carbons (Fsp3) is 0.182. The lowest BCUT2D eigenvalue weighted by atomic mass is 10.1. The third kappa shape index (κ3) is 3.78. The van der Waals surface area contributed by atoms with Crippen LogP contribution in [-0.4, -0.2) is 34.9 Å². The topological polar surface area (TPSA) is 60.9 Å². The number of hydrogen-bond donors (Lipinski definition) is 0. The van der Waals surface area contributed by atoms with Crippen LogP contribution < -0.4 is 0 Å². The highest BCUT2D eigenvalue weighted by Crippen LogP contribution is 2.37. The Morgan fingerprint density at radius 1 is 1.09 bits per heavy atom. The summed E-state index contributed by atoms with van der Waals surface area (Å²) in [5, 5.41) is 5.50. The Balaban J connectivity index is 1.78.